The molecule has 0 N–H and O–H groups in total. The molecular formula is C49H41OS2+. The topological polar surface area (TPSA) is 17.1 Å². The summed E-state index contributed by atoms with van der Waals surface area (Å²) in [5, 5.41) is 0. The van der Waals surface area contributed by atoms with Crippen LogP contribution in [0.4, 0.5) is 0 Å². The summed E-state index contributed by atoms with van der Waals surface area (Å²) in [4.78, 5) is 19.8. The van der Waals surface area contributed by atoms with Crippen molar-refractivity contribution in [3.63, 3.8) is 0 Å². The molecule has 0 radical (unpaired) electrons. The van der Waals surface area contributed by atoms with Gasteiger partial charge in [-0.25, -0.2) is 0 Å². The lowest BCUT2D eigenvalue weighted by Gasteiger charge is -2.29. The van der Waals surface area contributed by atoms with Crippen LogP contribution in [0, 0.1) is 5.92 Å². The van der Waals surface area contributed by atoms with Gasteiger partial charge in [-0.15, -0.1) is 0 Å². The number of allylic oxidation sites excluding steroid dienone is 4. The van der Waals surface area contributed by atoms with Gasteiger partial charge in [-0.1, -0.05) is 137 Å². The zero-order chi connectivity index (χ0) is 35.6. The Balaban J connectivity index is 1.00. The highest BCUT2D eigenvalue weighted by molar-refractivity contribution is 7.99. The number of ketones is 1. The lowest BCUT2D eigenvalue weighted by atomic mass is 9.74. The molecule has 0 aromatic heterocycles. The highest BCUT2D eigenvalue weighted by atomic mass is 32.2. The predicted molar refractivity (Wildman–Crippen MR) is 217 cm³/mol. The van der Waals surface area contributed by atoms with Crippen LogP contribution in [0.1, 0.15) is 71.8 Å². The molecule has 3 atom stereocenters. The fraction of sp³-hybridized carbons (Fsp3) is 0.163. The van der Waals surface area contributed by atoms with Crippen LogP contribution in [0.25, 0.3) is 11.1 Å². The standard InChI is InChI=1S/C49H41OS2/c1-48(2)43-18-12-11-17-39(43)42-28-25-38(31-46(42)48)52(36-15-9-6-10-16-36)37-23-20-34(21-24-37)51-35-22-27-41-40-26-19-33(47(50)32-13-7-5-8-14-32)29-44(40)49(3,4)45(41)30-35/h5-31,39,43H,1-4H3/q+1. The van der Waals surface area contributed by atoms with E-state index in [-0.39, 0.29) is 27.5 Å². The SMILES string of the molecule is CC1(C)c2cc(Sc3ccc([S+](c4ccccc4)c4ccc5c(c4)C(C)(C)C4C=CC=CC54)cc3)ccc2-c2ccc(C(=O)c3ccccc3)cc21. The van der Waals surface area contributed by atoms with E-state index in [9.17, 15) is 4.79 Å². The molecule has 3 aliphatic rings. The summed E-state index contributed by atoms with van der Waals surface area (Å²) in [7, 11) is -0.226. The van der Waals surface area contributed by atoms with E-state index in [4.69, 9.17) is 0 Å². The number of hydrogen-bond acceptors (Lipinski definition) is 2. The zero-order valence-corrected chi connectivity index (χ0v) is 31.6. The first-order valence-electron chi connectivity index (χ1n) is 18.2. The summed E-state index contributed by atoms with van der Waals surface area (Å²) in [6, 6.07) is 50.2. The monoisotopic (exact) mass is 709 g/mol. The molecule has 0 spiro atoms. The Hall–Kier alpha value is -4.83. The predicted octanol–water partition coefficient (Wildman–Crippen LogP) is 12.6. The summed E-state index contributed by atoms with van der Waals surface area (Å²) in [5.74, 6) is 1.02. The van der Waals surface area contributed by atoms with Gasteiger partial charge in [0.1, 0.15) is 0 Å². The summed E-state index contributed by atoms with van der Waals surface area (Å²) < 4.78 is 0. The van der Waals surface area contributed by atoms with Crippen molar-refractivity contribution >= 4 is 28.4 Å². The molecule has 1 nitrogen and oxygen atoms in total. The largest absolute Gasteiger partial charge is 0.289 e. The smallest absolute Gasteiger partial charge is 0.193 e. The third kappa shape index (κ3) is 5.45. The normalized spacial score (nSPS) is 19.0. The van der Waals surface area contributed by atoms with Crippen LogP contribution in [0.15, 0.2) is 188 Å². The highest BCUT2D eigenvalue weighted by Gasteiger charge is 2.45. The molecule has 6 aromatic carbocycles. The Kier molecular flexibility index (Phi) is 8.06. The first-order chi connectivity index (χ1) is 25.2. The van der Waals surface area contributed by atoms with E-state index in [1.54, 1.807) is 0 Å². The van der Waals surface area contributed by atoms with Crippen molar-refractivity contribution in [1.29, 1.82) is 0 Å². The van der Waals surface area contributed by atoms with Gasteiger partial charge in [0.25, 0.3) is 0 Å². The van der Waals surface area contributed by atoms with Crippen LogP contribution in [0.5, 0.6) is 0 Å². The zero-order valence-electron chi connectivity index (χ0n) is 30.0. The molecule has 0 amide bonds. The molecule has 52 heavy (non-hydrogen) atoms. The number of carbonyl (C=O) groups excluding carboxylic acids is 1. The summed E-state index contributed by atoms with van der Waals surface area (Å²) in [6.07, 6.45) is 9.22. The van der Waals surface area contributed by atoms with Gasteiger partial charge in [-0.05, 0) is 111 Å². The molecule has 3 heteroatoms. The second-order valence-electron chi connectivity index (χ2n) is 15.3. The number of rotatable bonds is 7. The molecule has 0 bridgehead atoms. The van der Waals surface area contributed by atoms with Crippen LogP contribution in [0.2, 0.25) is 0 Å². The average Bonchev–Trinajstić information content (AvgIpc) is 3.55. The molecule has 9 rings (SSSR count). The highest BCUT2D eigenvalue weighted by Crippen LogP contribution is 2.54. The quantitative estimate of drug-likeness (QED) is 0.121. The lowest BCUT2D eigenvalue weighted by Crippen LogP contribution is -2.24. The van der Waals surface area contributed by atoms with Gasteiger partial charge in [-0.2, -0.15) is 0 Å². The lowest BCUT2D eigenvalue weighted by molar-refractivity contribution is 0.103. The van der Waals surface area contributed by atoms with E-state index < -0.39 is 0 Å². The maximum absolute atomic E-state index is 13.3. The van der Waals surface area contributed by atoms with E-state index in [1.165, 1.54) is 57.9 Å². The van der Waals surface area contributed by atoms with Crippen molar-refractivity contribution in [2.24, 2.45) is 5.92 Å². The van der Waals surface area contributed by atoms with Gasteiger partial charge in [-0.3, -0.25) is 4.79 Å². The third-order valence-corrected chi connectivity index (χ3v) is 14.7. The Morgan fingerprint density at radius 3 is 1.92 bits per heavy atom. The number of benzene rings is 6. The van der Waals surface area contributed by atoms with Crippen molar-refractivity contribution < 1.29 is 4.79 Å². The van der Waals surface area contributed by atoms with Crippen molar-refractivity contribution in [3.05, 3.63) is 197 Å². The van der Waals surface area contributed by atoms with Crippen LogP contribution in [0.3, 0.4) is 0 Å². The second-order valence-corrected chi connectivity index (χ2v) is 18.4. The van der Waals surface area contributed by atoms with Crippen molar-refractivity contribution in [1.82, 2.24) is 0 Å². The van der Waals surface area contributed by atoms with Gasteiger partial charge in [0.05, 0.1) is 10.9 Å². The average molecular weight is 710 g/mol. The van der Waals surface area contributed by atoms with Crippen LogP contribution < -0.4 is 0 Å². The minimum atomic E-state index is -0.226. The molecule has 0 aliphatic heterocycles. The Bertz CT molecular complexity index is 2400. The van der Waals surface area contributed by atoms with Crippen molar-refractivity contribution in [2.45, 2.75) is 68.9 Å². The van der Waals surface area contributed by atoms with E-state index >= 15 is 0 Å². The molecule has 0 heterocycles. The molecular weight excluding hydrogens is 669 g/mol. The van der Waals surface area contributed by atoms with Crippen LogP contribution >= 0.6 is 11.8 Å². The molecule has 254 valence electrons. The summed E-state index contributed by atoms with van der Waals surface area (Å²) in [5.41, 5.74) is 9.30. The van der Waals surface area contributed by atoms with Gasteiger partial charge in [0, 0.05) is 32.3 Å². The Morgan fingerprint density at radius 1 is 0.558 bits per heavy atom. The fourth-order valence-electron chi connectivity index (χ4n) is 8.71. The molecule has 0 saturated carbocycles. The van der Waals surface area contributed by atoms with E-state index in [2.05, 4.69) is 155 Å². The fourth-order valence-corrected chi connectivity index (χ4v) is 11.7. The van der Waals surface area contributed by atoms with Gasteiger partial charge >= 0.3 is 0 Å². The number of carbonyl (C=O) groups is 1. The minimum absolute atomic E-state index is 0.0672. The van der Waals surface area contributed by atoms with Crippen molar-refractivity contribution in [2.75, 3.05) is 0 Å². The van der Waals surface area contributed by atoms with Gasteiger partial charge in [0.2, 0.25) is 0 Å². The van der Waals surface area contributed by atoms with Crippen LogP contribution in [-0.2, 0) is 21.7 Å². The molecule has 3 unspecified atom stereocenters. The van der Waals surface area contributed by atoms with Crippen LogP contribution in [-0.4, -0.2) is 5.78 Å². The number of fused-ring (bicyclic) bond motifs is 6. The van der Waals surface area contributed by atoms with Gasteiger partial charge in [0.15, 0.2) is 20.5 Å². The Morgan fingerprint density at radius 2 is 1.17 bits per heavy atom. The molecule has 0 fully saturated rings. The van der Waals surface area contributed by atoms with E-state index in [0.29, 0.717) is 11.8 Å². The summed E-state index contributed by atoms with van der Waals surface area (Å²) in [6.45, 7) is 9.40. The maximum atomic E-state index is 13.3. The molecule has 3 aliphatic carbocycles. The summed E-state index contributed by atoms with van der Waals surface area (Å²) >= 11 is 1.81. The molecule has 0 saturated heterocycles. The van der Waals surface area contributed by atoms with E-state index in [1.807, 2.05) is 48.2 Å². The maximum Gasteiger partial charge on any atom is 0.193 e. The third-order valence-electron chi connectivity index (χ3n) is 11.5. The molecule has 6 aromatic rings. The first-order valence-corrected chi connectivity index (χ1v) is 20.2. The van der Waals surface area contributed by atoms with Crippen molar-refractivity contribution in [3.8, 4) is 11.1 Å². The minimum Gasteiger partial charge on any atom is -0.289 e. The van der Waals surface area contributed by atoms with Gasteiger partial charge < -0.3 is 0 Å². The van der Waals surface area contributed by atoms with E-state index in [0.717, 1.165) is 11.1 Å². The second kappa shape index (κ2) is 12.7. The first kappa shape index (κ1) is 33.0. The number of hydrogen-bond donors (Lipinski definition) is 0. The Labute approximate surface area is 314 Å².